The molecule has 1 aromatic rings. The molecule has 2 N–H and O–H groups in total. The summed E-state index contributed by atoms with van der Waals surface area (Å²) >= 11 is 0. The number of hydrogen-bond donors (Lipinski definition) is 2. The zero-order valence-corrected chi connectivity index (χ0v) is 17.0. The Kier molecular flexibility index (Phi) is 9.97. The molecule has 0 amide bonds. The van der Waals surface area contributed by atoms with Gasteiger partial charge in [-0.3, -0.25) is 0 Å². The largest absolute Gasteiger partial charge is 0.313 e. The quantitative estimate of drug-likeness (QED) is 0.530. The predicted molar refractivity (Wildman–Crippen MR) is 106 cm³/mol. The molecule has 25 heavy (non-hydrogen) atoms. The van der Waals surface area contributed by atoms with Crippen molar-refractivity contribution in [3.8, 4) is 0 Å². The van der Waals surface area contributed by atoms with Gasteiger partial charge >= 0.3 is 0 Å². The summed E-state index contributed by atoms with van der Waals surface area (Å²) in [7, 11) is 0.568. The Morgan fingerprint density at radius 3 is 2.16 bits per heavy atom. The van der Waals surface area contributed by atoms with Crippen LogP contribution in [0.4, 0.5) is 0 Å². The van der Waals surface area contributed by atoms with E-state index in [1.165, 1.54) is 38.5 Å². The van der Waals surface area contributed by atoms with Crippen LogP contribution in [0.3, 0.4) is 0 Å². The van der Waals surface area contributed by atoms with Gasteiger partial charge in [0, 0.05) is 25.7 Å². The molecule has 0 bridgehead atoms. The fraction of sp³-hybridized carbons (Fsp3) is 0.667. The van der Waals surface area contributed by atoms with Crippen molar-refractivity contribution < 1.29 is 8.42 Å². The maximum atomic E-state index is 12.3. The van der Waals surface area contributed by atoms with E-state index in [2.05, 4.69) is 14.9 Å². The molecule has 0 spiro atoms. The van der Waals surface area contributed by atoms with E-state index < -0.39 is 10.0 Å². The Balaban J connectivity index is 0.00000312. The van der Waals surface area contributed by atoms with Crippen LogP contribution in [0.2, 0.25) is 0 Å². The minimum atomic E-state index is -3.42. The summed E-state index contributed by atoms with van der Waals surface area (Å²) in [6, 6.07) is 7.65. The molecule has 0 radical (unpaired) electrons. The van der Waals surface area contributed by atoms with Crippen LogP contribution in [-0.4, -0.2) is 46.5 Å². The van der Waals surface area contributed by atoms with Gasteiger partial charge in [0.1, 0.15) is 0 Å². The molecule has 7 heteroatoms. The number of rotatable bonds is 8. The van der Waals surface area contributed by atoms with Gasteiger partial charge in [0.25, 0.3) is 0 Å². The standard InChI is InChI=1S/C18H31N3O2S.ClH/c1-21(2)15-16-9-11-18(12-10-16)24(22,23)20-14-13-19-17-7-5-3-4-6-8-17;/h9-12,17,19-20H,3-8,13-15H2,1-2H3;1H. The van der Waals surface area contributed by atoms with Gasteiger partial charge in [-0.1, -0.05) is 37.8 Å². The van der Waals surface area contributed by atoms with Crippen molar-refractivity contribution in [2.24, 2.45) is 0 Å². The molecule has 0 heterocycles. The molecule has 0 atom stereocenters. The van der Waals surface area contributed by atoms with Gasteiger partial charge < -0.3 is 10.2 Å². The average molecular weight is 390 g/mol. The maximum absolute atomic E-state index is 12.3. The average Bonchev–Trinajstić information content (AvgIpc) is 2.80. The van der Waals surface area contributed by atoms with Crippen molar-refractivity contribution in [1.82, 2.24) is 14.9 Å². The van der Waals surface area contributed by atoms with Crippen molar-refractivity contribution in [1.29, 1.82) is 0 Å². The highest BCUT2D eigenvalue weighted by molar-refractivity contribution is 7.89. The molecule has 0 aliphatic heterocycles. The van der Waals surface area contributed by atoms with Crippen molar-refractivity contribution in [3.05, 3.63) is 29.8 Å². The van der Waals surface area contributed by atoms with Gasteiger partial charge in [0.2, 0.25) is 10.0 Å². The molecule has 0 aromatic heterocycles. The summed E-state index contributed by atoms with van der Waals surface area (Å²) in [4.78, 5) is 2.39. The second-order valence-electron chi connectivity index (χ2n) is 6.92. The van der Waals surface area contributed by atoms with Crippen molar-refractivity contribution in [2.45, 2.75) is 56.0 Å². The SMILES string of the molecule is CN(C)Cc1ccc(S(=O)(=O)NCCNC2CCCCCC2)cc1.Cl. The minimum absolute atomic E-state index is 0. The van der Waals surface area contributed by atoms with Crippen LogP contribution in [0.5, 0.6) is 0 Å². The molecule has 1 fully saturated rings. The highest BCUT2D eigenvalue weighted by Crippen LogP contribution is 2.17. The highest BCUT2D eigenvalue weighted by atomic mass is 35.5. The van der Waals surface area contributed by atoms with Gasteiger partial charge in [-0.15, -0.1) is 12.4 Å². The molecule has 2 rings (SSSR count). The first-order valence-electron chi connectivity index (χ1n) is 8.94. The van der Waals surface area contributed by atoms with Crippen LogP contribution < -0.4 is 10.0 Å². The third kappa shape index (κ3) is 8.05. The van der Waals surface area contributed by atoms with E-state index in [1.54, 1.807) is 12.1 Å². The van der Waals surface area contributed by atoms with Crippen LogP contribution in [0.25, 0.3) is 0 Å². The number of sulfonamides is 1. The topological polar surface area (TPSA) is 61.4 Å². The van der Waals surface area contributed by atoms with Gasteiger partial charge in [-0.2, -0.15) is 0 Å². The van der Waals surface area contributed by atoms with Crippen LogP contribution in [0.15, 0.2) is 29.2 Å². The Morgan fingerprint density at radius 1 is 1.00 bits per heavy atom. The molecular formula is C18H32ClN3O2S. The van der Waals surface area contributed by atoms with Gasteiger partial charge in [-0.25, -0.2) is 13.1 Å². The third-order valence-corrected chi connectivity index (χ3v) is 5.91. The van der Waals surface area contributed by atoms with Gasteiger partial charge in [-0.05, 0) is 44.6 Å². The first-order chi connectivity index (χ1) is 11.5. The second kappa shape index (κ2) is 11.1. The number of nitrogens with zero attached hydrogens (tertiary/aromatic N) is 1. The first kappa shape index (κ1) is 22.4. The van der Waals surface area contributed by atoms with Gasteiger partial charge in [0.05, 0.1) is 4.90 Å². The normalized spacial score (nSPS) is 16.4. The molecule has 5 nitrogen and oxygen atoms in total. The van der Waals surface area contributed by atoms with E-state index in [0.29, 0.717) is 24.0 Å². The zero-order chi connectivity index (χ0) is 17.4. The van der Waals surface area contributed by atoms with Crippen LogP contribution in [-0.2, 0) is 16.6 Å². The van der Waals surface area contributed by atoms with Crippen molar-refractivity contribution >= 4 is 22.4 Å². The summed E-state index contributed by atoms with van der Waals surface area (Å²) in [5, 5.41) is 3.48. The zero-order valence-electron chi connectivity index (χ0n) is 15.3. The summed E-state index contributed by atoms with van der Waals surface area (Å²) in [5.74, 6) is 0. The lowest BCUT2D eigenvalue weighted by Crippen LogP contribution is -2.36. The fourth-order valence-electron chi connectivity index (χ4n) is 3.17. The van der Waals surface area contributed by atoms with Crippen LogP contribution in [0.1, 0.15) is 44.1 Å². The maximum Gasteiger partial charge on any atom is 0.240 e. The Labute approximate surface area is 159 Å². The lowest BCUT2D eigenvalue weighted by Gasteiger charge is -2.16. The van der Waals surface area contributed by atoms with E-state index in [-0.39, 0.29) is 12.4 Å². The third-order valence-electron chi connectivity index (χ3n) is 4.44. The second-order valence-corrected chi connectivity index (χ2v) is 8.69. The van der Waals surface area contributed by atoms with Crippen molar-refractivity contribution in [3.63, 3.8) is 0 Å². The molecule has 0 saturated heterocycles. The number of halogens is 1. The van der Waals surface area contributed by atoms with Crippen LogP contribution >= 0.6 is 12.4 Å². The molecule has 144 valence electrons. The molecular weight excluding hydrogens is 358 g/mol. The Bertz CT molecular complexity index is 583. The lowest BCUT2D eigenvalue weighted by atomic mass is 10.1. The summed E-state index contributed by atoms with van der Waals surface area (Å²) in [6.45, 7) is 1.92. The molecule has 1 aliphatic carbocycles. The first-order valence-corrected chi connectivity index (χ1v) is 10.4. The summed E-state index contributed by atoms with van der Waals surface area (Å²) in [5.41, 5.74) is 1.11. The summed E-state index contributed by atoms with van der Waals surface area (Å²) in [6.07, 6.45) is 7.63. The fourth-order valence-corrected chi connectivity index (χ4v) is 4.20. The number of hydrogen-bond acceptors (Lipinski definition) is 4. The van der Waals surface area contributed by atoms with E-state index in [9.17, 15) is 8.42 Å². The number of nitrogens with one attached hydrogen (secondary N) is 2. The summed E-state index contributed by atoms with van der Waals surface area (Å²) < 4.78 is 27.3. The van der Waals surface area contributed by atoms with Crippen LogP contribution in [0, 0.1) is 0 Å². The minimum Gasteiger partial charge on any atom is -0.313 e. The highest BCUT2D eigenvalue weighted by Gasteiger charge is 2.14. The van der Waals surface area contributed by atoms with E-state index in [0.717, 1.165) is 12.1 Å². The lowest BCUT2D eigenvalue weighted by molar-refractivity contribution is 0.402. The Hall–Kier alpha value is -0.660. The monoisotopic (exact) mass is 389 g/mol. The molecule has 1 aliphatic rings. The van der Waals surface area contributed by atoms with Gasteiger partial charge in [0.15, 0.2) is 0 Å². The predicted octanol–water partition coefficient (Wildman–Crippen LogP) is 2.76. The smallest absolute Gasteiger partial charge is 0.240 e. The van der Waals surface area contributed by atoms with E-state index in [4.69, 9.17) is 0 Å². The Morgan fingerprint density at radius 2 is 1.60 bits per heavy atom. The molecule has 1 aromatic carbocycles. The molecule has 1 saturated carbocycles. The number of benzene rings is 1. The van der Waals surface area contributed by atoms with Crippen molar-refractivity contribution in [2.75, 3.05) is 27.2 Å². The van der Waals surface area contributed by atoms with E-state index in [1.807, 2.05) is 26.2 Å². The van der Waals surface area contributed by atoms with E-state index >= 15 is 0 Å². The molecule has 0 unspecified atom stereocenters.